The molecule has 0 aliphatic heterocycles. The molecular formula is C30H20ClN. The first kappa shape index (κ1) is 18.9. The number of rotatable bonds is 3. The highest BCUT2D eigenvalue weighted by Gasteiger charge is 2.14. The monoisotopic (exact) mass is 429 g/mol. The van der Waals surface area contributed by atoms with Crippen molar-refractivity contribution in [1.82, 2.24) is 4.57 Å². The van der Waals surface area contributed by atoms with Gasteiger partial charge in [0.05, 0.1) is 11.0 Å². The summed E-state index contributed by atoms with van der Waals surface area (Å²) in [6.45, 7) is 0. The number of benzene rings is 5. The first-order chi connectivity index (χ1) is 15.8. The second kappa shape index (κ2) is 7.71. The highest BCUT2D eigenvalue weighted by Crippen LogP contribution is 2.37. The predicted octanol–water partition coefficient (Wildman–Crippen LogP) is 8.77. The number of aromatic nitrogens is 1. The summed E-state index contributed by atoms with van der Waals surface area (Å²) in [6, 6.07) is 42.7. The Bertz CT molecular complexity index is 1450. The maximum Gasteiger partial charge on any atom is 0.0541 e. The van der Waals surface area contributed by atoms with Gasteiger partial charge in [-0.25, -0.2) is 0 Å². The van der Waals surface area contributed by atoms with E-state index in [0.717, 1.165) is 10.7 Å². The lowest BCUT2D eigenvalue weighted by atomic mass is 10.0. The van der Waals surface area contributed by atoms with E-state index in [9.17, 15) is 0 Å². The van der Waals surface area contributed by atoms with E-state index in [4.69, 9.17) is 11.6 Å². The van der Waals surface area contributed by atoms with Crippen LogP contribution < -0.4 is 0 Å². The van der Waals surface area contributed by atoms with Gasteiger partial charge in [-0.1, -0.05) is 84.4 Å². The number of halogens is 1. The van der Waals surface area contributed by atoms with Crippen LogP contribution in [0.4, 0.5) is 0 Å². The normalized spacial score (nSPS) is 11.3. The molecule has 0 saturated carbocycles. The zero-order valence-electron chi connectivity index (χ0n) is 17.4. The summed E-state index contributed by atoms with van der Waals surface area (Å²) in [6.07, 6.45) is 0. The van der Waals surface area contributed by atoms with E-state index in [0.29, 0.717) is 0 Å². The van der Waals surface area contributed by atoms with Crippen LogP contribution in [0.1, 0.15) is 0 Å². The minimum absolute atomic E-state index is 0.743. The molecule has 0 amide bonds. The van der Waals surface area contributed by atoms with Crippen molar-refractivity contribution < 1.29 is 0 Å². The molecule has 0 aliphatic rings. The zero-order chi connectivity index (χ0) is 21.5. The highest BCUT2D eigenvalue weighted by molar-refractivity contribution is 6.30. The van der Waals surface area contributed by atoms with Crippen LogP contribution >= 0.6 is 11.6 Å². The van der Waals surface area contributed by atoms with Crippen LogP contribution in [0.5, 0.6) is 0 Å². The molecule has 0 bridgehead atoms. The fourth-order valence-corrected chi connectivity index (χ4v) is 4.64. The van der Waals surface area contributed by atoms with E-state index < -0.39 is 0 Å². The second-order valence-electron chi connectivity index (χ2n) is 8.01. The molecule has 32 heavy (non-hydrogen) atoms. The van der Waals surface area contributed by atoms with Crippen molar-refractivity contribution in [2.24, 2.45) is 0 Å². The molecule has 1 heterocycles. The maximum absolute atomic E-state index is 6.18. The Morgan fingerprint density at radius 3 is 1.38 bits per heavy atom. The Kier molecular flexibility index (Phi) is 4.56. The average molecular weight is 430 g/mol. The van der Waals surface area contributed by atoms with E-state index in [1.165, 1.54) is 44.1 Å². The van der Waals surface area contributed by atoms with Crippen LogP contribution in [0, 0.1) is 0 Å². The molecule has 0 radical (unpaired) electrons. The van der Waals surface area contributed by atoms with Gasteiger partial charge < -0.3 is 4.57 Å². The van der Waals surface area contributed by atoms with Gasteiger partial charge in [0.25, 0.3) is 0 Å². The first-order valence-electron chi connectivity index (χ1n) is 10.7. The number of hydrogen-bond acceptors (Lipinski definition) is 0. The largest absolute Gasteiger partial charge is 0.309 e. The SMILES string of the molecule is Clc1ccc(-n2c3ccc(-c4ccccc4)cc3c3cc(-c4ccccc4)ccc32)cc1. The second-order valence-corrected chi connectivity index (χ2v) is 8.44. The number of nitrogens with zero attached hydrogens (tertiary/aromatic N) is 1. The van der Waals surface area contributed by atoms with Crippen LogP contribution in [0.25, 0.3) is 49.7 Å². The lowest BCUT2D eigenvalue weighted by Gasteiger charge is -2.09. The fourth-order valence-electron chi connectivity index (χ4n) is 4.51. The maximum atomic E-state index is 6.18. The van der Waals surface area contributed by atoms with Crippen LogP contribution in [-0.4, -0.2) is 4.57 Å². The van der Waals surface area contributed by atoms with E-state index in [-0.39, 0.29) is 0 Å². The molecule has 0 saturated heterocycles. The molecule has 0 aliphatic carbocycles. The summed E-state index contributed by atoms with van der Waals surface area (Å²) in [4.78, 5) is 0. The van der Waals surface area contributed by atoms with E-state index in [2.05, 4.69) is 114 Å². The van der Waals surface area contributed by atoms with Crippen LogP contribution in [0.15, 0.2) is 121 Å². The summed E-state index contributed by atoms with van der Waals surface area (Å²) in [7, 11) is 0. The standard InChI is InChI=1S/C30H20ClN/c31-25-13-15-26(16-14-25)32-29-17-11-23(21-7-3-1-4-8-21)19-27(29)28-20-24(12-18-30(28)32)22-9-5-2-6-10-22/h1-20H. The molecule has 0 spiro atoms. The van der Waals surface area contributed by atoms with Gasteiger partial charge in [0, 0.05) is 21.5 Å². The van der Waals surface area contributed by atoms with Crippen molar-refractivity contribution >= 4 is 33.4 Å². The zero-order valence-corrected chi connectivity index (χ0v) is 18.1. The summed E-state index contributed by atoms with van der Waals surface area (Å²) in [5.41, 5.74) is 8.37. The van der Waals surface area contributed by atoms with Gasteiger partial charge in [-0.05, 0) is 70.8 Å². The molecule has 1 aromatic heterocycles. The van der Waals surface area contributed by atoms with Crippen molar-refractivity contribution in [2.75, 3.05) is 0 Å². The minimum Gasteiger partial charge on any atom is -0.309 e. The third kappa shape index (κ3) is 3.19. The molecule has 152 valence electrons. The molecule has 2 heteroatoms. The Balaban J connectivity index is 1.66. The predicted molar refractivity (Wildman–Crippen MR) is 137 cm³/mol. The van der Waals surface area contributed by atoms with Gasteiger partial charge >= 0.3 is 0 Å². The lowest BCUT2D eigenvalue weighted by Crippen LogP contribution is -1.93. The van der Waals surface area contributed by atoms with Crippen molar-refractivity contribution in [3.63, 3.8) is 0 Å². The van der Waals surface area contributed by atoms with Gasteiger partial charge in [-0.15, -0.1) is 0 Å². The first-order valence-corrected chi connectivity index (χ1v) is 11.1. The minimum atomic E-state index is 0.743. The fraction of sp³-hybridized carbons (Fsp3) is 0. The lowest BCUT2D eigenvalue weighted by molar-refractivity contribution is 1.18. The Hall–Kier alpha value is -3.81. The molecule has 5 aromatic carbocycles. The van der Waals surface area contributed by atoms with Crippen LogP contribution in [-0.2, 0) is 0 Å². The third-order valence-corrected chi connectivity index (χ3v) is 6.32. The van der Waals surface area contributed by atoms with Crippen molar-refractivity contribution in [3.8, 4) is 27.9 Å². The Morgan fingerprint density at radius 2 is 0.906 bits per heavy atom. The summed E-state index contributed by atoms with van der Waals surface area (Å²) < 4.78 is 2.32. The van der Waals surface area contributed by atoms with Crippen LogP contribution in [0.3, 0.4) is 0 Å². The van der Waals surface area contributed by atoms with Crippen molar-refractivity contribution in [3.05, 3.63) is 126 Å². The Labute approximate surface area is 192 Å². The molecule has 0 atom stereocenters. The molecule has 1 nitrogen and oxygen atoms in total. The topological polar surface area (TPSA) is 4.93 Å². The number of hydrogen-bond donors (Lipinski definition) is 0. The van der Waals surface area contributed by atoms with Crippen LogP contribution in [0.2, 0.25) is 5.02 Å². The van der Waals surface area contributed by atoms with Crippen molar-refractivity contribution in [2.45, 2.75) is 0 Å². The molecule has 6 aromatic rings. The molecule has 0 unspecified atom stereocenters. The quantitative estimate of drug-likeness (QED) is 0.265. The van der Waals surface area contributed by atoms with Gasteiger partial charge in [-0.3, -0.25) is 0 Å². The average Bonchev–Trinajstić information content (AvgIpc) is 3.19. The molecular weight excluding hydrogens is 410 g/mol. The molecule has 6 rings (SSSR count). The number of fused-ring (bicyclic) bond motifs is 3. The summed E-state index contributed by atoms with van der Waals surface area (Å²) in [5.74, 6) is 0. The third-order valence-electron chi connectivity index (χ3n) is 6.06. The van der Waals surface area contributed by atoms with Crippen molar-refractivity contribution in [1.29, 1.82) is 0 Å². The molecule has 0 N–H and O–H groups in total. The van der Waals surface area contributed by atoms with Gasteiger partial charge in [0.2, 0.25) is 0 Å². The van der Waals surface area contributed by atoms with E-state index in [1.54, 1.807) is 0 Å². The summed E-state index contributed by atoms with van der Waals surface area (Å²) in [5, 5.41) is 3.23. The smallest absolute Gasteiger partial charge is 0.0541 e. The highest BCUT2D eigenvalue weighted by atomic mass is 35.5. The van der Waals surface area contributed by atoms with E-state index in [1.807, 2.05) is 12.1 Å². The van der Waals surface area contributed by atoms with Gasteiger partial charge in [0.1, 0.15) is 0 Å². The molecule has 0 fully saturated rings. The van der Waals surface area contributed by atoms with Gasteiger partial charge in [-0.2, -0.15) is 0 Å². The van der Waals surface area contributed by atoms with Gasteiger partial charge in [0.15, 0.2) is 0 Å². The summed E-state index contributed by atoms with van der Waals surface area (Å²) >= 11 is 6.18. The van der Waals surface area contributed by atoms with E-state index >= 15 is 0 Å². The Morgan fingerprint density at radius 1 is 0.438 bits per heavy atom.